The zero-order valence-electron chi connectivity index (χ0n) is 13.7. The molecule has 0 aromatic heterocycles. The van der Waals surface area contributed by atoms with Crippen molar-refractivity contribution in [3.63, 3.8) is 0 Å². The van der Waals surface area contributed by atoms with Gasteiger partial charge in [-0.15, -0.1) is 0 Å². The van der Waals surface area contributed by atoms with Gasteiger partial charge in [0.1, 0.15) is 0 Å². The summed E-state index contributed by atoms with van der Waals surface area (Å²) in [6.07, 6.45) is 7.41. The molecule has 1 N–H and O–H groups in total. The SMILES string of the molecule is CN(C)CC=CC(=O)Nc1cccc(CN2CCCCC2)c1. The van der Waals surface area contributed by atoms with Crippen molar-refractivity contribution in [2.45, 2.75) is 25.8 Å². The Morgan fingerprint density at radius 3 is 2.77 bits per heavy atom. The van der Waals surface area contributed by atoms with Crippen molar-refractivity contribution in [3.05, 3.63) is 42.0 Å². The number of likely N-dealkylation sites (N-methyl/N-ethyl adjacent to an activating group) is 1. The molecule has 4 nitrogen and oxygen atoms in total. The molecule has 120 valence electrons. The Kier molecular flexibility index (Phi) is 6.62. The first-order valence-electron chi connectivity index (χ1n) is 8.07. The molecule has 1 heterocycles. The monoisotopic (exact) mass is 301 g/mol. The highest BCUT2D eigenvalue weighted by atomic mass is 16.1. The summed E-state index contributed by atoms with van der Waals surface area (Å²) in [5, 5.41) is 2.93. The van der Waals surface area contributed by atoms with E-state index in [2.05, 4.69) is 22.3 Å². The lowest BCUT2D eigenvalue weighted by molar-refractivity contribution is -0.111. The van der Waals surface area contributed by atoms with E-state index in [1.54, 1.807) is 6.08 Å². The molecule has 0 radical (unpaired) electrons. The maximum Gasteiger partial charge on any atom is 0.248 e. The second-order valence-electron chi connectivity index (χ2n) is 6.19. The standard InChI is InChI=1S/C18H27N3O/c1-20(2)11-7-10-18(22)19-17-9-6-8-16(14-17)15-21-12-4-3-5-13-21/h6-10,14H,3-5,11-13,15H2,1-2H3,(H,19,22). The lowest BCUT2D eigenvalue weighted by Crippen LogP contribution is -2.29. The fourth-order valence-electron chi connectivity index (χ4n) is 2.68. The van der Waals surface area contributed by atoms with E-state index in [1.807, 2.05) is 37.2 Å². The van der Waals surface area contributed by atoms with Crippen molar-refractivity contribution in [1.29, 1.82) is 0 Å². The highest BCUT2D eigenvalue weighted by Crippen LogP contribution is 2.16. The third kappa shape index (κ3) is 6.00. The molecule has 1 aliphatic heterocycles. The lowest BCUT2D eigenvalue weighted by atomic mass is 10.1. The van der Waals surface area contributed by atoms with Gasteiger partial charge in [0.25, 0.3) is 0 Å². The van der Waals surface area contributed by atoms with Gasteiger partial charge in [-0.1, -0.05) is 24.6 Å². The molecule has 2 rings (SSSR count). The van der Waals surface area contributed by atoms with Crippen molar-refractivity contribution < 1.29 is 4.79 Å². The van der Waals surface area contributed by atoms with Crippen LogP contribution in [0.15, 0.2) is 36.4 Å². The maximum absolute atomic E-state index is 11.9. The Hall–Kier alpha value is -1.65. The molecule has 0 bridgehead atoms. The first-order valence-corrected chi connectivity index (χ1v) is 8.07. The average Bonchev–Trinajstić information content (AvgIpc) is 2.48. The Labute approximate surface area is 133 Å². The minimum Gasteiger partial charge on any atom is -0.323 e. The van der Waals surface area contributed by atoms with E-state index in [1.165, 1.54) is 37.9 Å². The summed E-state index contributed by atoms with van der Waals surface area (Å²) in [4.78, 5) is 16.4. The fraction of sp³-hybridized carbons (Fsp3) is 0.500. The third-order valence-electron chi connectivity index (χ3n) is 3.79. The summed E-state index contributed by atoms with van der Waals surface area (Å²) >= 11 is 0. The number of hydrogen-bond donors (Lipinski definition) is 1. The first kappa shape index (κ1) is 16.7. The Morgan fingerprint density at radius 2 is 2.05 bits per heavy atom. The van der Waals surface area contributed by atoms with Gasteiger partial charge in [-0.25, -0.2) is 0 Å². The zero-order chi connectivity index (χ0) is 15.8. The number of benzene rings is 1. The third-order valence-corrected chi connectivity index (χ3v) is 3.79. The van der Waals surface area contributed by atoms with Crippen LogP contribution < -0.4 is 5.32 Å². The molecule has 22 heavy (non-hydrogen) atoms. The Bertz CT molecular complexity index is 505. The molecule has 4 heteroatoms. The van der Waals surface area contributed by atoms with Crippen LogP contribution in [0.2, 0.25) is 0 Å². The topological polar surface area (TPSA) is 35.6 Å². The number of anilines is 1. The lowest BCUT2D eigenvalue weighted by Gasteiger charge is -2.26. The van der Waals surface area contributed by atoms with E-state index < -0.39 is 0 Å². The number of rotatable bonds is 6. The second kappa shape index (κ2) is 8.71. The van der Waals surface area contributed by atoms with Crippen LogP contribution in [0, 0.1) is 0 Å². The molecule has 0 unspecified atom stereocenters. The van der Waals surface area contributed by atoms with Crippen LogP contribution in [-0.2, 0) is 11.3 Å². The minimum absolute atomic E-state index is 0.0722. The fourth-order valence-corrected chi connectivity index (χ4v) is 2.68. The molecule has 1 amide bonds. The van der Waals surface area contributed by atoms with Gasteiger partial charge in [0.05, 0.1) is 0 Å². The van der Waals surface area contributed by atoms with Gasteiger partial charge in [0.15, 0.2) is 0 Å². The number of carbonyl (C=O) groups is 1. The highest BCUT2D eigenvalue weighted by molar-refractivity contribution is 5.99. The number of likely N-dealkylation sites (tertiary alicyclic amines) is 1. The average molecular weight is 301 g/mol. The van der Waals surface area contributed by atoms with E-state index in [0.29, 0.717) is 0 Å². The zero-order valence-corrected chi connectivity index (χ0v) is 13.7. The van der Waals surface area contributed by atoms with E-state index in [-0.39, 0.29) is 5.91 Å². The van der Waals surface area contributed by atoms with Crippen LogP contribution in [0.5, 0.6) is 0 Å². The molecule has 1 aromatic carbocycles. The predicted molar refractivity (Wildman–Crippen MR) is 91.9 cm³/mol. The minimum atomic E-state index is -0.0722. The van der Waals surface area contributed by atoms with E-state index in [0.717, 1.165) is 18.8 Å². The van der Waals surface area contributed by atoms with Gasteiger partial charge in [0, 0.05) is 24.9 Å². The summed E-state index contributed by atoms with van der Waals surface area (Å²) < 4.78 is 0. The predicted octanol–water partition coefficient (Wildman–Crippen LogP) is 2.73. The van der Waals surface area contributed by atoms with Gasteiger partial charge in [-0.2, -0.15) is 0 Å². The van der Waals surface area contributed by atoms with Gasteiger partial charge in [-0.3, -0.25) is 9.69 Å². The van der Waals surface area contributed by atoms with Crippen molar-refractivity contribution in [3.8, 4) is 0 Å². The summed E-state index contributed by atoms with van der Waals surface area (Å²) in [5.41, 5.74) is 2.13. The molecular weight excluding hydrogens is 274 g/mol. The van der Waals surface area contributed by atoms with Crippen molar-refractivity contribution in [2.75, 3.05) is 39.0 Å². The number of amides is 1. The normalized spacial score (nSPS) is 16.3. The maximum atomic E-state index is 11.9. The molecule has 1 aliphatic rings. The second-order valence-corrected chi connectivity index (χ2v) is 6.19. The van der Waals surface area contributed by atoms with Crippen LogP contribution in [-0.4, -0.2) is 49.4 Å². The summed E-state index contributed by atoms with van der Waals surface area (Å²) in [6.45, 7) is 4.11. The Morgan fingerprint density at radius 1 is 1.27 bits per heavy atom. The van der Waals surface area contributed by atoms with Crippen molar-refractivity contribution in [1.82, 2.24) is 9.80 Å². The van der Waals surface area contributed by atoms with E-state index >= 15 is 0 Å². The van der Waals surface area contributed by atoms with Crippen LogP contribution >= 0.6 is 0 Å². The number of carbonyl (C=O) groups excluding carboxylic acids is 1. The van der Waals surface area contributed by atoms with Crippen LogP contribution in [0.1, 0.15) is 24.8 Å². The number of nitrogens with one attached hydrogen (secondary N) is 1. The smallest absolute Gasteiger partial charge is 0.248 e. The first-order chi connectivity index (χ1) is 10.6. The summed E-state index contributed by atoms with van der Waals surface area (Å²) in [6, 6.07) is 8.16. The molecule has 0 aliphatic carbocycles. The molecule has 0 spiro atoms. The molecular formula is C18H27N3O. The molecule has 0 saturated carbocycles. The Balaban J connectivity index is 1.87. The highest BCUT2D eigenvalue weighted by Gasteiger charge is 2.10. The van der Waals surface area contributed by atoms with Crippen LogP contribution in [0.25, 0.3) is 0 Å². The summed E-state index contributed by atoms with van der Waals surface area (Å²) in [5.74, 6) is -0.0722. The van der Waals surface area contributed by atoms with Gasteiger partial charge in [-0.05, 0) is 57.7 Å². The largest absolute Gasteiger partial charge is 0.323 e. The van der Waals surface area contributed by atoms with Crippen molar-refractivity contribution in [2.24, 2.45) is 0 Å². The van der Waals surface area contributed by atoms with E-state index in [4.69, 9.17) is 0 Å². The van der Waals surface area contributed by atoms with Crippen molar-refractivity contribution >= 4 is 11.6 Å². The van der Waals surface area contributed by atoms with Crippen LogP contribution in [0.4, 0.5) is 5.69 Å². The van der Waals surface area contributed by atoms with Gasteiger partial charge >= 0.3 is 0 Å². The van der Waals surface area contributed by atoms with E-state index in [9.17, 15) is 4.79 Å². The number of piperidine rings is 1. The molecule has 1 saturated heterocycles. The van der Waals surface area contributed by atoms with Crippen LogP contribution in [0.3, 0.4) is 0 Å². The number of hydrogen-bond acceptors (Lipinski definition) is 3. The van der Waals surface area contributed by atoms with Gasteiger partial charge in [0.2, 0.25) is 5.91 Å². The van der Waals surface area contributed by atoms with Gasteiger partial charge < -0.3 is 10.2 Å². The quantitative estimate of drug-likeness (QED) is 0.821. The number of nitrogens with zero attached hydrogens (tertiary/aromatic N) is 2. The molecule has 1 aromatic rings. The summed E-state index contributed by atoms with van der Waals surface area (Å²) in [7, 11) is 3.96. The molecule has 0 atom stereocenters. The molecule has 1 fully saturated rings.